The van der Waals surface area contributed by atoms with E-state index in [1.165, 1.54) is 43.2 Å². The Balaban J connectivity index is 2.16. The highest BCUT2D eigenvalue weighted by Gasteiger charge is 2.26. The third-order valence-electron chi connectivity index (χ3n) is 3.88. The van der Waals surface area contributed by atoms with Crippen LogP contribution in [0.3, 0.4) is 0 Å². The lowest BCUT2D eigenvalue weighted by atomic mass is 9.90. The number of pyridine rings is 1. The topological polar surface area (TPSA) is 24.9 Å². The van der Waals surface area contributed by atoms with E-state index >= 15 is 0 Å². The summed E-state index contributed by atoms with van der Waals surface area (Å²) < 4.78 is 0. The van der Waals surface area contributed by atoms with Crippen LogP contribution in [0.15, 0.2) is 18.5 Å². The summed E-state index contributed by atoms with van der Waals surface area (Å²) >= 11 is 0. The van der Waals surface area contributed by atoms with Gasteiger partial charge in [0.05, 0.1) is 0 Å². The molecule has 0 saturated heterocycles. The van der Waals surface area contributed by atoms with E-state index in [1.54, 1.807) is 0 Å². The molecule has 1 aliphatic carbocycles. The van der Waals surface area contributed by atoms with Crippen molar-refractivity contribution in [3.63, 3.8) is 0 Å². The first-order chi connectivity index (χ1) is 8.33. The van der Waals surface area contributed by atoms with Crippen LogP contribution in [0, 0.1) is 12.8 Å². The third-order valence-corrected chi connectivity index (χ3v) is 3.88. The summed E-state index contributed by atoms with van der Waals surface area (Å²) in [7, 11) is 0. The van der Waals surface area contributed by atoms with Crippen LogP contribution in [0.5, 0.6) is 0 Å². The fraction of sp³-hybridized carbons (Fsp3) is 0.667. The maximum atomic E-state index is 4.21. The monoisotopic (exact) mass is 232 g/mol. The second-order valence-electron chi connectivity index (χ2n) is 5.21. The minimum absolute atomic E-state index is 0.542. The Morgan fingerprint density at radius 2 is 2.18 bits per heavy atom. The molecule has 1 aliphatic rings. The van der Waals surface area contributed by atoms with Gasteiger partial charge in [-0.3, -0.25) is 4.98 Å². The zero-order chi connectivity index (χ0) is 12.1. The van der Waals surface area contributed by atoms with Crippen molar-refractivity contribution in [2.45, 2.75) is 52.0 Å². The quantitative estimate of drug-likeness (QED) is 0.838. The van der Waals surface area contributed by atoms with Gasteiger partial charge in [-0.2, -0.15) is 0 Å². The summed E-state index contributed by atoms with van der Waals surface area (Å²) in [5.41, 5.74) is 2.79. The second-order valence-corrected chi connectivity index (χ2v) is 5.21. The van der Waals surface area contributed by atoms with Gasteiger partial charge in [0.15, 0.2) is 0 Å². The van der Waals surface area contributed by atoms with Crippen molar-refractivity contribution in [3.05, 3.63) is 29.6 Å². The van der Waals surface area contributed by atoms with Gasteiger partial charge >= 0.3 is 0 Å². The van der Waals surface area contributed by atoms with Gasteiger partial charge in [-0.05, 0) is 55.8 Å². The predicted molar refractivity (Wildman–Crippen MR) is 72.0 cm³/mol. The highest BCUT2D eigenvalue weighted by Crippen LogP contribution is 2.36. The minimum atomic E-state index is 0.542. The Labute approximate surface area is 105 Å². The molecule has 0 aromatic carbocycles. The molecule has 1 atom stereocenters. The Kier molecular flexibility index (Phi) is 4.55. The van der Waals surface area contributed by atoms with E-state index in [4.69, 9.17) is 0 Å². The number of nitrogens with one attached hydrogen (secondary N) is 1. The van der Waals surface area contributed by atoms with Gasteiger partial charge in [0, 0.05) is 18.4 Å². The molecule has 0 spiro atoms. The van der Waals surface area contributed by atoms with E-state index in [0.717, 1.165) is 12.5 Å². The van der Waals surface area contributed by atoms with Crippen molar-refractivity contribution in [1.29, 1.82) is 0 Å². The first-order valence-electron chi connectivity index (χ1n) is 6.96. The number of nitrogens with zero attached hydrogens (tertiary/aromatic N) is 1. The van der Waals surface area contributed by atoms with Gasteiger partial charge in [-0.1, -0.05) is 19.8 Å². The van der Waals surface area contributed by atoms with E-state index < -0.39 is 0 Å². The molecule has 1 saturated carbocycles. The fourth-order valence-corrected chi connectivity index (χ4v) is 2.95. The zero-order valence-electron chi connectivity index (χ0n) is 11.1. The van der Waals surface area contributed by atoms with Crippen molar-refractivity contribution in [2.75, 3.05) is 6.54 Å². The van der Waals surface area contributed by atoms with Gasteiger partial charge in [-0.15, -0.1) is 0 Å². The van der Waals surface area contributed by atoms with Crippen molar-refractivity contribution in [1.82, 2.24) is 10.3 Å². The molecule has 2 nitrogen and oxygen atoms in total. The lowest BCUT2D eigenvalue weighted by Gasteiger charge is -2.26. The van der Waals surface area contributed by atoms with E-state index in [0.29, 0.717) is 6.04 Å². The summed E-state index contributed by atoms with van der Waals surface area (Å²) in [6.07, 6.45) is 10.7. The van der Waals surface area contributed by atoms with Gasteiger partial charge in [-0.25, -0.2) is 0 Å². The Morgan fingerprint density at radius 1 is 1.41 bits per heavy atom. The summed E-state index contributed by atoms with van der Waals surface area (Å²) in [5, 5.41) is 3.74. The van der Waals surface area contributed by atoms with Crippen LogP contribution in [0.25, 0.3) is 0 Å². The van der Waals surface area contributed by atoms with Gasteiger partial charge in [0.1, 0.15) is 0 Å². The normalized spacial score (nSPS) is 18.5. The zero-order valence-corrected chi connectivity index (χ0v) is 11.1. The smallest absolute Gasteiger partial charge is 0.0352 e. The highest BCUT2D eigenvalue weighted by atomic mass is 14.9. The SMILES string of the molecule is CCCNC(c1ccncc1C)C1CCCC1. The van der Waals surface area contributed by atoms with Crippen molar-refractivity contribution in [2.24, 2.45) is 5.92 Å². The molecule has 0 bridgehead atoms. The number of aromatic nitrogens is 1. The minimum Gasteiger partial charge on any atom is -0.310 e. The Bertz CT molecular complexity index is 343. The van der Waals surface area contributed by atoms with Crippen LogP contribution in [-0.2, 0) is 0 Å². The van der Waals surface area contributed by atoms with Crippen molar-refractivity contribution in [3.8, 4) is 0 Å². The molecule has 17 heavy (non-hydrogen) atoms. The molecular weight excluding hydrogens is 208 g/mol. The molecule has 2 heteroatoms. The van der Waals surface area contributed by atoms with Gasteiger partial charge in [0.2, 0.25) is 0 Å². The molecule has 0 aliphatic heterocycles. The molecule has 1 fully saturated rings. The highest BCUT2D eigenvalue weighted by molar-refractivity contribution is 5.26. The van der Waals surface area contributed by atoms with Crippen LogP contribution < -0.4 is 5.32 Å². The molecule has 1 aromatic rings. The number of hydrogen-bond acceptors (Lipinski definition) is 2. The second kappa shape index (κ2) is 6.15. The molecular formula is C15H24N2. The van der Waals surface area contributed by atoms with Crippen LogP contribution in [0.1, 0.15) is 56.2 Å². The van der Waals surface area contributed by atoms with Crippen LogP contribution >= 0.6 is 0 Å². The lowest BCUT2D eigenvalue weighted by molar-refractivity contribution is 0.367. The maximum absolute atomic E-state index is 4.21. The molecule has 94 valence electrons. The van der Waals surface area contributed by atoms with E-state index in [9.17, 15) is 0 Å². The molecule has 1 heterocycles. The average molecular weight is 232 g/mol. The van der Waals surface area contributed by atoms with E-state index in [2.05, 4.69) is 30.2 Å². The summed E-state index contributed by atoms with van der Waals surface area (Å²) in [6.45, 7) is 5.53. The third kappa shape index (κ3) is 3.06. The van der Waals surface area contributed by atoms with Crippen molar-refractivity contribution < 1.29 is 0 Å². The van der Waals surface area contributed by atoms with E-state index in [1.807, 2.05) is 12.4 Å². The van der Waals surface area contributed by atoms with Gasteiger partial charge in [0.25, 0.3) is 0 Å². The molecule has 1 aromatic heterocycles. The van der Waals surface area contributed by atoms with Gasteiger partial charge < -0.3 is 5.32 Å². The molecule has 0 amide bonds. The fourth-order valence-electron chi connectivity index (χ4n) is 2.95. The summed E-state index contributed by atoms with van der Waals surface area (Å²) in [6, 6.07) is 2.74. The lowest BCUT2D eigenvalue weighted by Crippen LogP contribution is -2.28. The van der Waals surface area contributed by atoms with E-state index in [-0.39, 0.29) is 0 Å². The van der Waals surface area contributed by atoms with Crippen LogP contribution in [-0.4, -0.2) is 11.5 Å². The molecule has 0 radical (unpaired) electrons. The van der Waals surface area contributed by atoms with Crippen molar-refractivity contribution >= 4 is 0 Å². The average Bonchev–Trinajstić information content (AvgIpc) is 2.85. The molecule has 2 rings (SSSR count). The van der Waals surface area contributed by atoms with Crippen LogP contribution in [0.2, 0.25) is 0 Å². The largest absolute Gasteiger partial charge is 0.310 e. The molecule has 1 N–H and O–H groups in total. The predicted octanol–water partition coefficient (Wildman–Crippen LogP) is 3.62. The maximum Gasteiger partial charge on any atom is 0.0352 e. The van der Waals surface area contributed by atoms with Crippen LogP contribution in [0.4, 0.5) is 0 Å². The number of rotatable bonds is 5. The number of aryl methyl sites for hydroxylation is 1. The summed E-state index contributed by atoms with van der Waals surface area (Å²) in [5.74, 6) is 0.822. The molecule has 1 unspecified atom stereocenters. The standard InChI is InChI=1S/C15H24N2/c1-3-9-17-15(13-6-4-5-7-13)14-8-10-16-11-12(14)2/h8,10-11,13,15,17H,3-7,9H2,1-2H3. The number of hydrogen-bond donors (Lipinski definition) is 1. The first-order valence-corrected chi connectivity index (χ1v) is 6.96. The first kappa shape index (κ1) is 12.6. The summed E-state index contributed by atoms with van der Waals surface area (Å²) in [4.78, 5) is 4.21. The Hall–Kier alpha value is -0.890. The Morgan fingerprint density at radius 3 is 2.82 bits per heavy atom.